The SMILES string of the molecule is CCNC(=NCC(C)(C)NS(C)(=O)=O)NCC(CC)CC.I. The highest BCUT2D eigenvalue weighted by Gasteiger charge is 2.21. The summed E-state index contributed by atoms with van der Waals surface area (Å²) in [5.41, 5.74) is -0.606. The molecular formula is C14H33IN4O2S. The summed E-state index contributed by atoms with van der Waals surface area (Å²) in [7, 11) is -3.24. The summed E-state index contributed by atoms with van der Waals surface area (Å²) in [6.45, 7) is 12.0. The van der Waals surface area contributed by atoms with Crippen LogP contribution in [0, 0.1) is 5.92 Å². The number of hydrogen-bond acceptors (Lipinski definition) is 3. The fourth-order valence-corrected chi connectivity index (χ4v) is 3.04. The third-order valence-corrected chi connectivity index (χ3v) is 4.07. The predicted molar refractivity (Wildman–Crippen MR) is 106 cm³/mol. The minimum Gasteiger partial charge on any atom is -0.357 e. The highest BCUT2D eigenvalue weighted by Crippen LogP contribution is 2.06. The first kappa shape index (κ1) is 24.2. The monoisotopic (exact) mass is 448 g/mol. The number of aliphatic imine (C=N–C) groups is 1. The summed E-state index contributed by atoms with van der Waals surface area (Å²) in [6.07, 6.45) is 3.42. The number of nitrogens with zero attached hydrogens (tertiary/aromatic N) is 1. The molecule has 134 valence electrons. The highest BCUT2D eigenvalue weighted by atomic mass is 127. The molecule has 0 aromatic heterocycles. The predicted octanol–water partition coefficient (Wildman–Crippen LogP) is 1.92. The van der Waals surface area contributed by atoms with Crippen LogP contribution < -0.4 is 15.4 Å². The molecular weight excluding hydrogens is 415 g/mol. The number of sulfonamides is 1. The van der Waals surface area contributed by atoms with Gasteiger partial charge in [0.15, 0.2) is 5.96 Å². The van der Waals surface area contributed by atoms with E-state index in [-0.39, 0.29) is 24.0 Å². The molecule has 0 fully saturated rings. The van der Waals surface area contributed by atoms with Crippen molar-refractivity contribution in [2.24, 2.45) is 10.9 Å². The summed E-state index contributed by atoms with van der Waals surface area (Å²) in [4.78, 5) is 4.48. The van der Waals surface area contributed by atoms with E-state index in [0.29, 0.717) is 12.5 Å². The van der Waals surface area contributed by atoms with Crippen LogP contribution in [-0.2, 0) is 10.0 Å². The minimum atomic E-state index is -3.24. The fraction of sp³-hybridized carbons (Fsp3) is 0.929. The Labute approximate surface area is 153 Å². The number of nitrogens with one attached hydrogen (secondary N) is 3. The molecule has 6 nitrogen and oxygen atoms in total. The largest absolute Gasteiger partial charge is 0.357 e. The lowest BCUT2D eigenvalue weighted by Gasteiger charge is -2.24. The van der Waals surface area contributed by atoms with Gasteiger partial charge in [0.1, 0.15) is 0 Å². The molecule has 0 aromatic carbocycles. The minimum absolute atomic E-state index is 0. The smallest absolute Gasteiger partial charge is 0.209 e. The molecule has 0 heterocycles. The van der Waals surface area contributed by atoms with Crippen molar-refractivity contribution in [3.8, 4) is 0 Å². The van der Waals surface area contributed by atoms with E-state index in [9.17, 15) is 8.42 Å². The summed E-state index contributed by atoms with van der Waals surface area (Å²) >= 11 is 0. The Morgan fingerprint density at radius 1 is 1.14 bits per heavy atom. The van der Waals surface area contributed by atoms with Crippen LogP contribution in [0.4, 0.5) is 0 Å². The Morgan fingerprint density at radius 2 is 1.68 bits per heavy atom. The van der Waals surface area contributed by atoms with Crippen LogP contribution >= 0.6 is 24.0 Å². The van der Waals surface area contributed by atoms with Gasteiger partial charge in [-0.3, -0.25) is 4.99 Å². The van der Waals surface area contributed by atoms with Crippen LogP contribution in [0.3, 0.4) is 0 Å². The van der Waals surface area contributed by atoms with Crippen molar-refractivity contribution < 1.29 is 8.42 Å². The summed E-state index contributed by atoms with van der Waals surface area (Å²) < 4.78 is 25.2. The van der Waals surface area contributed by atoms with Crippen molar-refractivity contribution in [2.75, 3.05) is 25.9 Å². The summed E-state index contributed by atoms with van der Waals surface area (Å²) in [6, 6.07) is 0. The molecule has 3 N–H and O–H groups in total. The number of guanidine groups is 1. The molecule has 0 amide bonds. The number of halogens is 1. The average Bonchev–Trinajstić information content (AvgIpc) is 2.34. The van der Waals surface area contributed by atoms with Gasteiger partial charge in [-0.05, 0) is 26.7 Å². The van der Waals surface area contributed by atoms with Crippen LogP contribution in [-0.4, -0.2) is 45.8 Å². The molecule has 0 unspecified atom stereocenters. The van der Waals surface area contributed by atoms with E-state index in [0.717, 1.165) is 38.1 Å². The molecule has 0 bridgehead atoms. The molecule has 0 aliphatic heterocycles. The lowest BCUT2D eigenvalue weighted by Crippen LogP contribution is -2.47. The second kappa shape index (κ2) is 11.4. The third kappa shape index (κ3) is 12.5. The Bertz CT molecular complexity index is 421. The van der Waals surface area contributed by atoms with Gasteiger partial charge in [0.2, 0.25) is 10.0 Å². The maximum atomic E-state index is 11.3. The maximum absolute atomic E-state index is 11.3. The second-order valence-electron chi connectivity index (χ2n) is 6.02. The molecule has 0 aliphatic rings. The highest BCUT2D eigenvalue weighted by molar-refractivity contribution is 14.0. The van der Waals surface area contributed by atoms with Crippen LogP contribution in [0.5, 0.6) is 0 Å². The van der Waals surface area contributed by atoms with E-state index in [1.807, 2.05) is 20.8 Å². The van der Waals surface area contributed by atoms with Gasteiger partial charge in [0, 0.05) is 18.6 Å². The quantitative estimate of drug-likeness (QED) is 0.286. The molecule has 0 aliphatic carbocycles. The van der Waals surface area contributed by atoms with Gasteiger partial charge in [-0.15, -0.1) is 24.0 Å². The normalized spacial score (nSPS) is 13.0. The molecule has 0 spiro atoms. The van der Waals surface area contributed by atoms with E-state index in [1.165, 1.54) is 0 Å². The molecule has 0 saturated heterocycles. The standard InChI is InChI=1S/C14H32N4O2S.HI/c1-7-12(8-2)10-16-13(15-9-3)17-11-14(4,5)18-21(6,19)20;/h12,18H,7-11H2,1-6H3,(H2,15,16,17);1H. The van der Waals surface area contributed by atoms with E-state index in [2.05, 4.69) is 34.2 Å². The first-order valence-electron chi connectivity index (χ1n) is 7.64. The van der Waals surface area contributed by atoms with Crippen LogP contribution in [0.15, 0.2) is 4.99 Å². The zero-order valence-electron chi connectivity index (χ0n) is 14.7. The third-order valence-electron chi connectivity index (χ3n) is 3.15. The van der Waals surface area contributed by atoms with Crippen molar-refractivity contribution >= 4 is 40.0 Å². The van der Waals surface area contributed by atoms with Gasteiger partial charge < -0.3 is 10.6 Å². The summed E-state index contributed by atoms with van der Waals surface area (Å²) in [5, 5.41) is 6.50. The lowest BCUT2D eigenvalue weighted by molar-refractivity contribution is 0.460. The van der Waals surface area contributed by atoms with Crippen molar-refractivity contribution in [3.63, 3.8) is 0 Å². The Hall–Kier alpha value is -0.0900. The first-order chi connectivity index (χ1) is 9.63. The maximum Gasteiger partial charge on any atom is 0.209 e. The number of rotatable bonds is 9. The summed E-state index contributed by atoms with van der Waals surface area (Å²) in [5.74, 6) is 1.35. The molecule has 0 rings (SSSR count). The van der Waals surface area contributed by atoms with Gasteiger partial charge >= 0.3 is 0 Å². The molecule has 0 radical (unpaired) electrons. The fourth-order valence-electron chi connectivity index (χ4n) is 1.97. The average molecular weight is 448 g/mol. The Morgan fingerprint density at radius 3 is 2.09 bits per heavy atom. The van der Waals surface area contributed by atoms with Crippen LogP contribution in [0.2, 0.25) is 0 Å². The van der Waals surface area contributed by atoms with E-state index in [1.54, 1.807) is 0 Å². The molecule has 0 saturated carbocycles. The Balaban J connectivity index is 0. The number of hydrogen-bond donors (Lipinski definition) is 3. The molecule has 0 aromatic rings. The van der Waals surface area contributed by atoms with E-state index >= 15 is 0 Å². The van der Waals surface area contributed by atoms with E-state index in [4.69, 9.17) is 0 Å². The molecule has 0 atom stereocenters. The molecule has 8 heteroatoms. The van der Waals surface area contributed by atoms with Crippen molar-refractivity contribution in [2.45, 2.75) is 53.0 Å². The van der Waals surface area contributed by atoms with Crippen molar-refractivity contribution in [1.82, 2.24) is 15.4 Å². The van der Waals surface area contributed by atoms with Crippen LogP contribution in [0.25, 0.3) is 0 Å². The Kier molecular flexibility index (Phi) is 12.6. The van der Waals surface area contributed by atoms with Gasteiger partial charge in [-0.2, -0.15) is 0 Å². The lowest BCUT2D eigenvalue weighted by atomic mass is 10.0. The zero-order valence-corrected chi connectivity index (χ0v) is 17.8. The first-order valence-corrected chi connectivity index (χ1v) is 9.53. The zero-order chi connectivity index (χ0) is 16.5. The van der Waals surface area contributed by atoms with Crippen LogP contribution in [0.1, 0.15) is 47.5 Å². The van der Waals surface area contributed by atoms with Crippen molar-refractivity contribution in [3.05, 3.63) is 0 Å². The van der Waals surface area contributed by atoms with Gasteiger partial charge in [-0.1, -0.05) is 26.7 Å². The van der Waals surface area contributed by atoms with Crippen molar-refractivity contribution in [1.29, 1.82) is 0 Å². The second-order valence-corrected chi connectivity index (χ2v) is 7.77. The topological polar surface area (TPSA) is 82.6 Å². The van der Waals surface area contributed by atoms with Gasteiger partial charge in [0.05, 0.1) is 12.8 Å². The molecule has 22 heavy (non-hydrogen) atoms. The van der Waals surface area contributed by atoms with E-state index < -0.39 is 15.6 Å². The van der Waals surface area contributed by atoms with Gasteiger partial charge in [-0.25, -0.2) is 13.1 Å². The van der Waals surface area contributed by atoms with Gasteiger partial charge in [0.25, 0.3) is 0 Å².